The number of nitrogens with zero attached hydrogens (tertiary/aromatic N) is 4. The summed E-state index contributed by atoms with van der Waals surface area (Å²) in [5, 5.41) is 12.1. The Kier molecular flexibility index (Phi) is 3.80. The maximum absolute atomic E-state index is 5.78. The number of hydrogen-bond acceptors (Lipinski definition) is 4. The largest absolute Gasteiger partial charge is 0.389 e. The molecule has 2 aromatic heterocycles. The fourth-order valence-electron chi connectivity index (χ4n) is 2.40. The van der Waals surface area contributed by atoms with Crippen molar-refractivity contribution in [3.8, 4) is 0 Å². The molecule has 2 aromatic rings. The SMILES string of the molecule is Cc1nn(C)c(C)c1CNc1c(C(N)=S)c(C)nn1C. The fraction of sp³-hybridized carbons (Fsp3) is 0.462. The molecular formula is C13H20N6S. The highest BCUT2D eigenvalue weighted by Crippen LogP contribution is 2.21. The summed E-state index contributed by atoms with van der Waals surface area (Å²) in [5.41, 5.74) is 10.8. The molecule has 0 fully saturated rings. The summed E-state index contributed by atoms with van der Waals surface area (Å²) in [6.45, 7) is 6.63. The van der Waals surface area contributed by atoms with Gasteiger partial charge in [0.05, 0.1) is 17.0 Å². The van der Waals surface area contributed by atoms with Gasteiger partial charge >= 0.3 is 0 Å². The van der Waals surface area contributed by atoms with Crippen molar-refractivity contribution in [1.82, 2.24) is 19.6 Å². The molecule has 0 aliphatic carbocycles. The lowest BCUT2D eigenvalue weighted by Gasteiger charge is -2.09. The molecule has 0 atom stereocenters. The van der Waals surface area contributed by atoms with Gasteiger partial charge in [0.15, 0.2) is 0 Å². The van der Waals surface area contributed by atoms with Crippen LogP contribution in [0.15, 0.2) is 0 Å². The molecule has 108 valence electrons. The Hall–Kier alpha value is -1.89. The van der Waals surface area contributed by atoms with Crippen molar-refractivity contribution < 1.29 is 0 Å². The second kappa shape index (κ2) is 5.24. The normalized spacial score (nSPS) is 10.8. The first kappa shape index (κ1) is 14.5. The fourth-order valence-corrected chi connectivity index (χ4v) is 2.65. The summed E-state index contributed by atoms with van der Waals surface area (Å²) >= 11 is 5.10. The molecule has 0 aliphatic heterocycles. The van der Waals surface area contributed by atoms with Crippen molar-refractivity contribution in [1.29, 1.82) is 0 Å². The topological polar surface area (TPSA) is 73.7 Å². The number of aryl methyl sites for hydroxylation is 4. The molecule has 6 nitrogen and oxygen atoms in total. The lowest BCUT2D eigenvalue weighted by molar-refractivity contribution is 0.730. The number of thiocarbonyl (C=S) groups is 1. The van der Waals surface area contributed by atoms with Crippen molar-refractivity contribution in [2.24, 2.45) is 19.8 Å². The summed E-state index contributed by atoms with van der Waals surface area (Å²) in [7, 11) is 3.82. The predicted octanol–water partition coefficient (Wildman–Crippen LogP) is 1.33. The first-order valence-electron chi connectivity index (χ1n) is 6.39. The van der Waals surface area contributed by atoms with Crippen LogP contribution in [0.25, 0.3) is 0 Å². The Morgan fingerprint density at radius 2 is 1.75 bits per heavy atom. The zero-order chi connectivity index (χ0) is 15.0. The van der Waals surface area contributed by atoms with E-state index in [0.29, 0.717) is 11.5 Å². The first-order valence-corrected chi connectivity index (χ1v) is 6.80. The molecule has 7 heteroatoms. The average Bonchev–Trinajstić information content (AvgIpc) is 2.75. The van der Waals surface area contributed by atoms with E-state index >= 15 is 0 Å². The molecule has 0 radical (unpaired) electrons. The monoisotopic (exact) mass is 292 g/mol. The Labute approximate surface area is 124 Å². The lowest BCUT2D eigenvalue weighted by Crippen LogP contribution is -2.14. The van der Waals surface area contributed by atoms with Gasteiger partial charge in [0.2, 0.25) is 0 Å². The molecule has 3 N–H and O–H groups in total. The first-order chi connectivity index (χ1) is 9.32. The Morgan fingerprint density at radius 3 is 2.25 bits per heavy atom. The van der Waals surface area contributed by atoms with Crippen LogP contribution in [-0.4, -0.2) is 24.5 Å². The molecule has 0 spiro atoms. The molecule has 0 bridgehead atoms. The Morgan fingerprint density at radius 1 is 1.15 bits per heavy atom. The van der Waals surface area contributed by atoms with Gasteiger partial charge in [-0.2, -0.15) is 10.2 Å². The average molecular weight is 292 g/mol. The van der Waals surface area contributed by atoms with E-state index in [2.05, 4.69) is 22.4 Å². The van der Waals surface area contributed by atoms with Crippen molar-refractivity contribution in [3.05, 3.63) is 28.2 Å². The summed E-state index contributed by atoms with van der Waals surface area (Å²) < 4.78 is 3.65. The van der Waals surface area contributed by atoms with E-state index in [0.717, 1.165) is 28.5 Å². The third kappa shape index (κ3) is 2.40. The molecule has 0 aromatic carbocycles. The van der Waals surface area contributed by atoms with Gasteiger partial charge in [-0.25, -0.2) is 0 Å². The summed E-state index contributed by atoms with van der Waals surface area (Å²) in [6.07, 6.45) is 0. The summed E-state index contributed by atoms with van der Waals surface area (Å²) in [4.78, 5) is 0.359. The number of aromatic nitrogens is 4. The highest BCUT2D eigenvalue weighted by molar-refractivity contribution is 7.80. The van der Waals surface area contributed by atoms with Crippen molar-refractivity contribution in [3.63, 3.8) is 0 Å². The standard InChI is InChI=1S/C13H20N6S/c1-7-10(9(3)18(4)16-7)6-15-13-11(12(14)20)8(2)17-19(13)5/h15H,6H2,1-5H3,(H2,14,20). The second-order valence-electron chi connectivity index (χ2n) is 4.92. The summed E-state index contributed by atoms with van der Waals surface area (Å²) in [6, 6.07) is 0. The van der Waals surface area contributed by atoms with Gasteiger partial charge < -0.3 is 11.1 Å². The molecule has 0 amide bonds. The highest BCUT2D eigenvalue weighted by atomic mass is 32.1. The Balaban J connectivity index is 2.30. The third-order valence-electron chi connectivity index (χ3n) is 3.56. The zero-order valence-electron chi connectivity index (χ0n) is 12.5. The van der Waals surface area contributed by atoms with E-state index in [-0.39, 0.29) is 0 Å². The summed E-state index contributed by atoms with van der Waals surface area (Å²) in [5.74, 6) is 0.845. The number of nitrogens with one attached hydrogen (secondary N) is 1. The molecule has 2 heterocycles. The van der Waals surface area contributed by atoms with Gasteiger partial charge in [-0.3, -0.25) is 9.36 Å². The van der Waals surface area contributed by atoms with Crippen LogP contribution in [0.5, 0.6) is 0 Å². The van der Waals surface area contributed by atoms with Crippen LogP contribution in [0.1, 0.15) is 28.2 Å². The molecule has 20 heavy (non-hydrogen) atoms. The van der Waals surface area contributed by atoms with E-state index in [1.165, 1.54) is 5.56 Å². The number of rotatable bonds is 4. The van der Waals surface area contributed by atoms with Crippen LogP contribution in [0, 0.1) is 20.8 Å². The minimum absolute atomic E-state index is 0.359. The van der Waals surface area contributed by atoms with Crippen LogP contribution in [0.3, 0.4) is 0 Å². The molecule has 0 unspecified atom stereocenters. The number of anilines is 1. The van der Waals surface area contributed by atoms with Crippen molar-refractivity contribution in [2.75, 3.05) is 5.32 Å². The maximum Gasteiger partial charge on any atom is 0.134 e. The second-order valence-corrected chi connectivity index (χ2v) is 5.36. The zero-order valence-corrected chi connectivity index (χ0v) is 13.3. The van der Waals surface area contributed by atoms with Crippen LogP contribution >= 0.6 is 12.2 Å². The molecule has 2 rings (SSSR count). The molecule has 0 saturated heterocycles. The minimum atomic E-state index is 0.359. The van der Waals surface area contributed by atoms with Gasteiger partial charge in [0.1, 0.15) is 10.8 Å². The van der Waals surface area contributed by atoms with Crippen LogP contribution in [0.2, 0.25) is 0 Å². The van der Waals surface area contributed by atoms with Crippen molar-refractivity contribution in [2.45, 2.75) is 27.3 Å². The van der Waals surface area contributed by atoms with E-state index in [1.54, 1.807) is 4.68 Å². The van der Waals surface area contributed by atoms with Crippen LogP contribution < -0.4 is 11.1 Å². The van der Waals surface area contributed by atoms with Gasteiger partial charge in [-0.15, -0.1) is 0 Å². The smallest absolute Gasteiger partial charge is 0.134 e. The lowest BCUT2D eigenvalue weighted by atomic mass is 10.2. The predicted molar refractivity (Wildman–Crippen MR) is 83.8 cm³/mol. The van der Waals surface area contributed by atoms with Gasteiger partial charge in [-0.1, -0.05) is 12.2 Å². The maximum atomic E-state index is 5.78. The molecular weight excluding hydrogens is 272 g/mol. The van der Waals surface area contributed by atoms with E-state index in [1.807, 2.05) is 32.6 Å². The van der Waals surface area contributed by atoms with Gasteiger partial charge in [0.25, 0.3) is 0 Å². The van der Waals surface area contributed by atoms with Crippen LogP contribution in [0.4, 0.5) is 5.82 Å². The highest BCUT2D eigenvalue weighted by Gasteiger charge is 2.16. The van der Waals surface area contributed by atoms with E-state index in [9.17, 15) is 0 Å². The number of nitrogens with two attached hydrogens (primary N) is 1. The third-order valence-corrected chi connectivity index (χ3v) is 3.76. The quantitative estimate of drug-likeness (QED) is 0.832. The van der Waals surface area contributed by atoms with E-state index in [4.69, 9.17) is 18.0 Å². The van der Waals surface area contributed by atoms with Crippen molar-refractivity contribution >= 4 is 23.0 Å². The van der Waals surface area contributed by atoms with E-state index < -0.39 is 0 Å². The molecule has 0 aliphatic rings. The van der Waals surface area contributed by atoms with Crippen LogP contribution in [-0.2, 0) is 20.6 Å². The minimum Gasteiger partial charge on any atom is -0.389 e. The number of hydrogen-bond donors (Lipinski definition) is 2. The molecule has 0 saturated carbocycles. The Bertz CT molecular complexity index is 667. The van der Waals surface area contributed by atoms with Gasteiger partial charge in [-0.05, 0) is 20.8 Å². The van der Waals surface area contributed by atoms with Gasteiger partial charge in [0, 0.05) is 31.9 Å².